The van der Waals surface area contributed by atoms with Crippen LogP contribution in [0.4, 0.5) is 4.79 Å². The van der Waals surface area contributed by atoms with E-state index in [1.165, 1.54) is 0 Å². The van der Waals surface area contributed by atoms with Gasteiger partial charge in [-0.25, -0.2) is 9.78 Å². The lowest BCUT2D eigenvalue weighted by molar-refractivity contribution is 0.0930. The van der Waals surface area contributed by atoms with Crippen LogP contribution in [0.2, 0.25) is 5.02 Å². The number of aliphatic hydroxyl groups excluding tert-OH is 1. The van der Waals surface area contributed by atoms with Gasteiger partial charge in [0.2, 0.25) is 0 Å². The highest BCUT2D eigenvalue weighted by atomic mass is 35.5. The summed E-state index contributed by atoms with van der Waals surface area (Å²) in [5.41, 5.74) is 3.15. The van der Waals surface area contributed by atoms with E-state index in [0.717, 1.165) is 29.1 Å². The van der Waals surface area contributed by atoms with Gasteiger partial charge in [-0.05, 0) is 49.9 Å². The molecule has 38 heavy (non-hydrogen) atoms. The van der Waals surface area contributed by atoms with E-state index in [4.69, 9.17) is 26.1 Å². The summed E-state index contributed by atoms with van der Waals surface area (Å²) in [5.74, 6) is 1.01. The number of hydrogen-bond donors (Lipinski definition) is 3. The van der Waals surface area contributed by atoms with Gasteiger partial charge in [0.25, 0.3) is 5.91 Å². The standard InChI is InChI=1S/C28H33ClN4O5/c1-4-13-37-24-10-9-20(15-22(24)29)27(35)30-21(11-12-34)14-18-5-7-19(8-6-18)23-16-33(3)26(31-23)25-17(2)38-28(36)32-25/h5-10,15-17,21,25,34H,4,11-14H2,1-3H3,(H,30,35)(H,32,36)/t17-,21+,25-/m0/s1. The van der Waals surface area contributed by atoms with E-state index in [1.807, 2.05) is 55.9 Å². The molecule has 3 aromatic rings. The molecule has 2 heterocycles. The molecule has 0 spiro atoms. The number of amides is 2. The first-order valence-electron chi connectivity index (χ1n) is 12.7. The van der Waals surface area contributed by atoms with Gasteiger partial charge in [0.1, 0.15) is 23.7 Å². The number of aliphatic hydroxyl groups is 1. The average molecular weight is 541 g/mol. The van der Waals surface area contributed by atoms with Crippen LogP contribution in [0.1, 0.15) is 54.5 Å². The molecule has 1 fully saturated rings. The van der Waals surface area contributed by atoms with Crippen LogP contribution in [0.25, 0.3) is 11.3 Å². The number of nitrogens with zero attached hydrogens (tertiary/aromatic N) is 2. The van der Waals surface area contributed by atoms with Crippen LogP contribution in [0, 0.1) is 0 Å². The van der Waals surface area contributed by atoms with Crippen molar-refractivity contribution in [3.05, 3.63) is 70.6 Å². The molecule has 9 nitrogen and oxygen atoms in total. The number of alkyl carbamates (subject to hydrolysis) is 1. The van der Waals surface area contributed by atoms with Gasteiger partial charge in [-0.3, -0.25) is 4.79 Å². The first-order chi connectivity index (χ1) is 18.3. The van der Waals surface area contributed by atoms with Crippen LogP contribution in [-0.2, 0) is 18.2 Å². The number of ether oxygens (including phenoxy) is 2. The van der Waals surface area contributed by atoms with Gasteiger partial charge >= 0.3 is 6.09 Å². The van der Waals surface area contributed by atoms with Gasteiger partial charge in [0.15, 0.2) is 0 Å². The second-order valence-corrected chi connectivity index (χ2v) is 9.81. The Balaban J connectivity index is 1.42. The predicted octanol–water partition coefficient (Wildman–Crippen LogP) is 4.42. The Morgan fingerprint density at radius 1 is 1.29 bits per heavy atom. The number of halogens is 1. The summed E-state index contributed by atoms with van der Waals surface area (Å²) < 4.78 is 12.7. The molecule has 3 N–H and O–H groups in total. The highest BCUT2D eigenvalue weighted by molar-refractivity contribution is 6.32. The van der Waals surface area contributed by atoms with Crippen LogP contribution >= 0.6 is 11.6 Å². The topological polar surface area (TPSA) is 115 Å². The average Bonchev–Trinajstić information content (AvgIpc) is 3.44. The molecule has 10 heteroatoms. The van der Waals surface area contributed by atoms with Crippen molar-refractivity contribution in [1.29, 1.82) is 0 Å². The molecule has 3 atom stereocenters. The van der Waals surface area contributed by atoms with Gasteiger partial charge < -0.3 is 29.8 Å². The minimum Gasteiger partial charge on any atom is -0.492 e. The molecule has 1 aromatic heterocycles. The third-order valence-electron chi connectivity index (χ3n) is 6.43. The molecule has 2 aromatic carbocycles. The monoisotopic (exact) mass is 540 g/mol. The fourth-order valence-electron chi connectivity index (χ4n) is 4.42. The summed E-state index contributed by atoms with van der Waals surface area (Å²) in [5, 5.41) is 15.8. The summed E-state index contributed by atoms with van der Waals surface area (Å²) in [6, 6.07) is 12.3. The van der Waals surface area contributed by atoms with Gasteiger partial charge in [0, 0.05) is 37.0 Å². The summed E-state index contributed by atoms with van der Waals surface area (Å²) in [6.45, 7) is 4.34. The zero-order chi connectivity index (χ0) is 27.2. The van der Waals surface area contributed by atoms with Crippen molar-refractivity contribution in [2.24, 2.45) is 7.05 Å². The second-order valence-electron chi connectivity index (χ2n) is 9.41. The SMILES string of the molecule is CCCOc1ccc(C(=O)N[C@H](CCO)Cc2ccc(-c3cn(C)c([C@H]4NC(=O)O[C@H]4C)n3)cc2)cc1Cl. The Kier molecular flexibility index (Phi) is 8.91. The van der Waals surface area contributed by atoms with E-state index >= 15 is 0 Å². The third kappa shape index (κ3) is 6.46. The molecule has 4 rings (SSSR count). The zero-order valence-corrected chi connectivity index (χ0v) is 22.5. The van der Waals surface area contributed by atoms with E-state index in [-0.39, 0.29) is 30.7 Å². The van der Waals surface area contributed by atoms with Gasteiger partial charge in [-0.1, -0.05) is 42.8 Å². The maximum absolute atomic E-state index is 12.9. The van der Waals surface area contributed by atoms with Crippen LogP contribution in [-0.4, -0.2) is 52.0 Å². The number of cyclic esters (lactones) is 1. The van der Waals surface area contributed by atoms with Gasteiger partial charge in [0.05, 0.1) is 17.3 Å². The van der Waals surface area contributed by atoms with Crippen molar-refractivity contribution >= 4 is 23.6 Å². The Labute approximate surface area is 227 Å². The molecule has 0 bridgehead atoms. The molecule has 0 unspecified atom stereocenters. The van der Waals surface area contributed by atoms with Crippen molar-refractivity contribution in [2.45, 2.75) is 51.3 Å². The van der Waals surface area contributed by atoms with E-state index in [0.29, 0.717) is 35.8 Å². The summed E-state index contributed by atoms with van der Waals surface area (Å²) in [7, 11) is 1.89. The lowest BCUT2D eigenvalue weighted by atomic mass is 10.0. The fraction of sp³-hybridized carbons (Fsp3) is 0.393. The number of imidazole rings is 1. The number of carbonyl (C=O) groups excluding carboxylic acids is 2. The van der Waals surface area contributed by atoms with Crippen molar-refractivity contribution in [3.63, 3.8) is 0 Å². The van der Waals surface area contributed by atoms with Gasteiger partial charge in [-0.15, -0.1) is 0 Å². The molecular formula is C28H33ClN4O5. The third-order valence-corrected chi connectivity index (χ3v) is 6.72. The first-order valence-corrected chi connectivity index (χ1v) is 13.1. The Bertz CT molecular complexity index is 1280. The largest absolute Gasteiger partial charge is 0.492 e. The molecule has 202 valence electrons. The van der Waals surface area contributed by atoms with Crippen LogP contribution in [0.5, 0.6) is 5.75 Å². The molecular weight excluding hydrogens is 508 g/mol. The molecule has 0 saturated carbocycles. The van der Waals surface area contributed by atoms with E-state index in [1.54, 1.807) is 18.2 Å². The van der Waals surface area contributed by atoms with E-state index in [9.17, 15) is 14.7 Å². The first kappa shape index (κ1) is 27.5. The normalized spacial score (nSPS) is 17.6. The molecule has 1 saturated heterocycles. The van der Waals surface area contributed by atoms with Crippen molar-refractivity contribution in [1.82, 2.24) is 20.2 Å². The maximum Gasteiger partial charge on any atom is 0.408 e. The van der Waals surface area contributed by atoms with E-state index < -0.39 is 6.09 Å². The van der Waals surface area contributed by atoms with Crippen molar-refractivity contribution in [3.8, 4) is 17.0 Å². The number of aryl methyl sites for hydroxylation is 1. The van der Waals surface area contributed by atoms with Crippen molar-refractivity contribution in [2.75, 3.05) is 13.2 Å². The quantitative estimate of drug-likeness (QED) is 0.331. The molecule has 2 amide bonds. The van der Waals surface area contributed by atoms with Gasteiger partial charge in [-0.2, -0.15) is 0 Å². The zero-order valence-electron chi connectivity index (χ0n) is 21.7. The number of carbonyl (C=O) groups is 2. The molecule has 0 radical (unpaired) electrons. The van der Waals surface area contributed by atoms with Crippen LogP contribution in [0.15, 0.2) is 48.7 Å². The highest BCUT2D eigenvalue weighted by Crippen LogP contribution is 2.28. The minimum atomic E-state index is -0.443. The number of hydrogen-bond acceptors (Lipinski definition) is 6. The summed E-state index contributed by atoms with van der Waals surface area (Å²) >= 11 is 6.29. The Hall–Kier alpha value is -3.56. The Morgan fingerprint density at radius 3 is 2.68 bits per heavy atom. The lowest BCUT2D eigenvalue weighted by Crippen LogP contribution is -2.37. The number of benzene rings is 2. The molecule has 1 aliphatic heterocycles. The Morgan fingerprint density at radius 2 is 2.05 bits per heavy atom. The molecule has 1 aliphatic rings. The highest BCUT2D eigenvalue weighted by Gasteiger charge is 2.34. The minimum absolute atomic E-state index is 0.0515. The predicted molar refractivity (Wildman–Crippen MR) is 144 cm³/mol. The fourth-order valence-corrected chi connectivity index (χ4v) is 4.65. The van der Waals surface area contributed by atoms with Crippen LogP contribution < -0.4 is 15.4 Å². The lowest BCUT2D eigenvalue weighted by Gasteiger charge is -2.18. The summed E-state index contributed by atoms with van der Waals surface area (Å²) in [4.78, 5) is 29.2. The van der Waals surface area contributed by atoms with Crippen molar-refractivity contribution < 1.29 is 24.2 Å². The van der Waals surface area contributed by atoms with E-state index in [2.05, 4.69) is 10.6 Å². The number of nitrogens with one attached hydrogen (secondary N) is 2. The summed E-state index contributed by atoms with van der Waals surface area (Å²) in [6.07, 6.45) is 2.99. The van der Waals surface area contributed by atoms with Crippen LogP contribution in [0.3, 0.4) is 0 Å². The second kappa shape index (κ2) is 12.3. The smallest absolute Gasteiger partial charge is 0.408 e. The number of aromatic nitrogens is 2. The maximum atomic E-state index is 12.9. The molecule has 0 aliphatic carbocycles. The number of rotatable bonds is 11.